The zero-order chi connectivity index (χ0) is 20.8. The van der Waals surface area contributed by atoms with E-state index < -0.39 is 17.3 Å². The van der Waals surface area contributed by atoms with Crippen molar-refractivity contribution in [3.8, 4) is 34.5 Å². The maximum atomic E-state index is 13.2. The molecule has 0 amide bonds. The first-order valence-corrected chi connectivity index (χ1v) is 9.00. The summed E-state index contributed by atoms with van der Waals surface area (Å²) in [7, 11) is 0. The summed E-state index contributed by atoms with van der Waals surface area (Å²) >= 11 is 0. The average Bonchev–Trinajstić information content (AvgIpc) is 2.65. The molecule has 146 valence electrons. The third kappa shape index (κ3) is 3.54. The molecule has 1 heterocycles. The quantitative estimate of drug-likeness (QED) is 0.467. The number of halogens is 3. The Morgan fingerprint density at radius 3 is 2.28 bits per heavy atom. The van der Waals surface area contributed by atoms with Gasteiger partial charge in [0.25, 0.3) is 0 Å². The van der Waals surface area contributed by atoms with Gasteiger partial charge >= 0.3 is 6.18 Å². The van der Waals surface area contributed by atoms with E-state index in [1.165, 1.54) is 12.1 Å². The number of rotatable bonds is 0. The van der Waals surface area contributed by atoms with E-state index >= 15 is 0 Å². The Kier molecular flexibility index (Phi) is 4.31. The second-order valence-electron chi connectivity index (χ2n) is 7.36. The van der Waals surface area contributed by atoms with Gasteiger partial charge in [0.2, 0.25) is 0 Å². The molecule has 3 aromatic rings. The van der Waals surface area contributed by atoms with Gasteiger partial charge in [0, 0.05) is 16.7 Å². The van der Waals surface area contributed by atoms with Crippen LogP contribution in [0.25, 0.3) is 11.1 Å². The predicted octanol–water partition coefficient (Wildman–Crippen LogP) is 6.11. The predicted molar refractivity (Wildman–Crippen MR) is 105 cm³/mol. The Labute approximate surface area is 166 Å². The number of hydrogen-bond acceptors (Lipinski definition) is 2. The van der Waals surface area contributed by atoms with E-state index in [4.69, 9.17) is 4.74 Å². The van der Waals surface area contributed by atoms with Crippen LogP contribution in [-0.2, 0) is 11.8 Å². The Morgan fingerprint density at radius 2 is 1.59 bits per heavy atom. The van der Waals surface area contributed by atoms with Crippen LogP contribution >= 0.6 is 0 Å². The van der Waals surface area contributed by atoms with Crippen LogP contribution in [-0.4, -0.2) is 5.11 Å². The molecule has 0 atom stereocenters. The summed E-state index contributed by atoms with van der Waals surface area (Å²) in [5.41, 5.74) is 0.899. The zero-order valence-electron chi connectivity index (χ0n) is 15.8. The minimum Gasteiger partial charge on any atom is -0.507 e. The van der Waals surface area contributed by atoms with Crippen LogP contribution in [0.1, 0.15) is 36.1 Å². The molecular formula is C24H17F3O2. The number of benzene rings is 3. The SMILES string of the molecule is CC1(C)Oc2cc(C#Cc3ccccc3)cc(O)c2-c2ccc(C(F)(F)F)cc21. The molecule has 0 spiro atoms. The van der Waals surface area contributed by atoms with Crippen LogP contribution in [0.5, 0.6) is 11.5 Å². The summed E-state index contributed by atoms with van der Waals surface area (Å²) in [5, 5.41) is 10.6. The van der Waals surface area contributed by atoms with Gasteiger partial charge in [0.1, 0.15) is 17.1 Å². The average molecular weight is 394 g/mol. The zero-order valence-corrected chi connectivity index (χ0v) is 15.8. The Morgan fingerprint density at radius 1 is 0.897 bits per heavy atom. The number of aromatic hydroxyl groups is 1. The number of phenolic OH excluding ortho intramolecular Hbond substituents is 1. The van der Waals surface area contributed by atoms with Gasteiger partial charge in [-0.15, -0.1) is 0 Å². The summed E-state index contributed by atoms with van der Waals surface area (Å²) in [5.74, 6) is 6.31. The van der Waals surface area contributed by atoms with Crippen molar-refractivity contribution >= 4 is 0 Å². The maximum absolute atomic E-state index is 13.2. The molecule has 29 heavy (non-hydrogen) atoms. The van der Waals surface area contributed by atoms with Gasteiger partial charge in [0.05, 0.1) is 11.1 Å². The monoisotopic (exact) mass is 394 g/mol. The minimum absolute atomic E-state index is 0.0867. The first-order chi connectivity index (χ1) is 13.6. The molecule has 0 saturated carbocycles. The van der Waals surface area contributed by atoms with E-state index in [0.717, 1.165) is 17.7 Å². The molecule has 2 nitrogen and oxygen atoms in total. The Hall–Kier alpha value is -3.39. The van der Waals surface area contributed by atoms with Crippen molar-refractivity contribution < 1.29 is 23.0 Å². The molecular weight excluding hydrogens is 377 g/mol. The highest BCUT2D eigenvalue weighted by molar-refractivity contribution is 5.82. The number of hydrogen-bond donors (Lipinski definition) is 1. The van der Waals surface area contributed by atoms with Gasteiger partial charge in [-0.1, -0.05) is 36.1 Å². The van der Waals surface area contributed by atoms with Crippen LogP contribution in [0, 0.1) is 11.8 Å². The van der Waals surface area contributed by atoms with Crippen LogP contribution < -0.4 is 4.74 Å². The van der Waals surface area contributed by atoms with Crippen molar-refractivity contribution in [2.24, 2.45) is 0 Å². The summed E-state index contributed by atoms with van der Waals surface area (Å²) in [4.78, 5) is 0. The highest BCUT2D eigenvalue weighted by atomic mass is 19.4. The van der Waals surface area contributed by atoms with E-state index in [9.17, 15) is 18.3 Å². The van der Waals surface area contributed by atoms with Gasteiger partial charge in [-0.05, 0) is 55.8 Å². The Bertz CT molecular complexity index is 1150. The van der Waals surface area contributed by atoms with Crippen molar-refractivity contribution in [3.63, 3.8) is 0 Å². The summed E-state index contributed by atoms with van der Waals surface area (Å²) in [6.07, 6.45) is -4.45. The van der Waals surface area contributed by atoms with Gasteiger partial charge in [-0.2, -0.15) is 13.2 Å². The van der Waals surface area contributed by atoms with E-state index in [2.05, 4.69) is 11.8 Å². The van der Waals surface area contributed by atoms with Gasteiger partial charge in [-0.3, -0.25) is 0 Å². The van der Waals surface area contributed by atoms with Gasteiger partial charge < -0.3 is 9.84 Å². The smallest absolute Gasteiger partial charge is 0.416 e. The lowest BCUT2D eigenvalue weighted by molar-refractivity contribution is -0.137. The van der Waals surface area contributed by atoms with Crippen LogP contribution in [0.2, 0.25) is 0 Å². The second kappa shape index (κ2) is 6.59. The fourth-order valence-electron chi connectivity index (χ4n) is 3.46. The fourth-order valence-corrected chi connectivity index (χ4v) is 3.46. The highest BCUT2D eigenvalue weighted by Crippen LogP contribution is 2.50. The molecule has 0 saturated heterocycles. The molecule has 0 unspecified atom stereocenters. The van der Waals surface area contributed by atoms with E-state index in [1.807, 2.05) is 30.3 Å². The minimum atomic E-state index is -4.45. The second-order valence-corrected chi connectivity index (χ2v) is 7.36. The van der Waals surface area contributed by atoms with Crippen molar-refractivity contribution in [2.75, 3.05) is 0 Å². The Balaban J connectivity index is 1.83. The summed E-state index contributed by atoms with van der Waals surface area (Å²) in [6.45, 7) is 3.41. The molecule has 5 heteroatoms. The summed E-state index contributed by atoms with van der Waals surface area (Å²) in [6, 6.07) is 16.1. The van der Waals surface area contributed by atoms with Crippen LogP contribution in [0.15, 0.2) is 60.7 Å². The number of phenols is 1. The molecule has 1 aliphatic rings. The van der Waals surface area contributed by atoms with Crippen LogP contribution in [0.3, 0.4) is 0 Å². The van der Waals surface area contributed by atoms with Crippen molar-refractivity contribution in [3.05, 3.63) is 82.9 Å². The van der Waals surface area contributed by atoms with E-state index in [-0.39, 0.29) is 5.75 Å². The molecule has 0 aliphatic carbocycles. The van der Waals surface area contributed by atoms with Gasteiger partial charge in [0.15, 0.2) is 0 Å². The molecule has 1 aliphatic heterocycles. The normalized spacial score (nSPS) is 14.1. The van der Waals surface area contributed by atoms with Gasteiger partial charge in [-0.25, -0.2) is 0 Å². The molecule has 4 rings (SSSR count). The fraction of sp³-hybridized carbons (Fsp3) is 0.167. The molecule has 0 fully saturated rings. The summed E-state index contributed by atoms with van der Waals surface area (Å²) < 4.78 is 45.5. The molecule has 3 aromatic carbocycles. The van der Waals surface area contributed by atoms with Crippen molar-refractivity contribution in [1.82, 2.24) is 0 Å². The highest BCUT2D eigenvalue weighted by Gasteiger charge is 2.38. The first-order valence-electron chi connectivity index (χ1n) is 9.00. The molecule has 1 N–H and O–H groups in total. The lowest BCUT2D eigenvalue weighted by atomic mass is 9.84. The molecule has 0 bridgehead atoms. The van der Waals surface area contributed by atoms with Crippen LogP contribution in [0.4, 0.5) is 13.2 Å². The standard InChI is InChI=1S/C24H17F3O2/c1-23(2)19-14-17(24(25,26)27)10-11-18(19)22-20(28)12-16(13-21(22)29-23)9-8-15-6-4-3-5-7-15/h3-7,10-14,28H,1-2H3. The topological polar surface area (TPSA) is 29.5 Å². The van der Waals surface area contributed by atoms with Crippen molar-refractivity contribution in [1.29, 1.82) is 0 Å². The first kappa shape index (κ1) is 18.9. The number of alkyl halides is 3. The van der Waals surface area contributed by atoms with Crippen molar-refractivity contribution in [2.45, 2.75) is 25.6 Å². The lowest BCUT2D eigenvalue weighted by Crippen LogP contribution is -2.30. The maximum Gasteiger partial charge on any atom is 0.416 e. The largest absolute Gasteiger partial charge is 0.507 e. The third-order valence-electron chi connectivity index (χ3n) is 4.84. The molecule has 0 aromatic heterocycles. The van der Waals surface area contributed by atoms with E-state index in [1.54, 1.807) is 19.9 Å². The number of fused-ring (bicyclic) bond motifs is 3. The lowest BCUT2D eigenvalue weighted by Gasteiger charge is -2.35. The third-order valence-corrected chi connectivity index (χ3v) is 4.84. The van der Waals surface area contributed by atoms with E-state index in [0.29, 0.717) is 28.0 Å². The molecule has 0 radical (unpaired) electrons. The number of ether oxygens (including phenoxy) is 1.